The molecule has 0 unspecified atom stereocenters. The van der Waals surface area contributed by atoms with Gasteiger partial charge in [-0.2, -0.15) is 0 Å². The molecule has 0 radical (unpaired) electrons. The van der Waals surface area contributed by atoms with Gasteiger partial charge in [-0.25, -0.2) is 0 Å². The third-order valence-corrected chi connectivity index (χ3v) is 7.05. The molecule has 2 aromatic rings. The molecular formula is C22H26ClN5O3. The minimum atomic E-state index is -0.501. The van der Waals surface area contributed by atoms with Gasteiger partial charge in [0, 0.05) is 31.2 Å². The number of fused-ring (bicyclic) bond motifs is 1. The summed E-state index contributed by atoms with van der Waals surface area (Å²) in [6, 6.07) is 7.69. The number of hydrogen-bond donors (Lipinski definition) is 0. The quantitative estimate of drug-likeness (QED) is 0.726. The summed E-state index contributed by atoms with van der Waals surface area (Å²) in [5.41, 5.74) is 0.536. The summed E-state index contributed by atoms with van der Waals surface area (Å²) in [5.74, 6) is 1.05. The molecule has 1 aromatic heterocycles. The maximum atomic E-state index is 13.8. The minimum Gasteiger partial charge on any atom is -0.378 e. The van der Waals surface area contributed by atoms with Crippen molar-refractivity contribution in [3.8, 4) is 0 Å². The van der Waals surface area contributed by atoms with Crippen molar-refractivity contribution >= 4 is 23.4 Å². The third kappa shape index (κ3) is 3.61. The first-order chi connectivity index (χ1) is 15.1. The topological polar surface area (TPSA) is 80.6 Å². The van der Waals surface area contributed by atoms with Crippen LogP contribution in [-0.4, -0.2) is 69.2 Å². The smallest absolute Gasteiger partial charge is 0.291 e. The molecule has 3 aliphatic rings. The van der Waals surface area contributed by atoms with Crippen molar-refractivity contribution in [2.24, 2.45) is 0 Å². The standard InChI is InChI=1S/C22H26ClN5O3/c23-17-5-3-16(4-6-17)22(7-1-2-8-22)21(30)27-9-10-28-18(15-27)24-25-19(28)20(29)26-11-13-31-14-12-26/h3-6H,1-2,7-15H2. The highest BCUT2D eigenvalue weighted by molar-refractivity contribution is 6.30. The highest BCUT2D eigenvalue weighted by Crippen LogP contribution is 2.43. The number of aromatic nitrogens is 3. The normalized spacial score (nSPS) is 20.5. The molecule has 0 atom stereocenters. The number of rotatable bonds is 3. The average molecular weight is 444 g/mol. The van der Waals surface area contributed by atoms with Crippen LogP contribution in [0.15, 0.2) is 24.3 Å². The SMILES string of the molecule is O=C(c1nnc2n1CCN(C(=O)C1(c3ccc(Cl)cc3)CCCC1)C2)N1CCOCC1. The van der Waals surface area contributed by atoms with E-state index in [2.05, 4.69) is 10.2 Å². The van der Waals surface area contributed by atoms with Crippen molar-refractivity contribution in [3.05, 3.63) is 46.5 Å². The second-order valence-corrected chi connectivity index (χ2v) is 8.96. The molecule has 2 amide bonds. The van der Waals surface area contributed by atoms with Crippen molar-refractivity contribution in [1.82, 2.24) is 24.6 Å². The number of hydrogen-bond acceptors (Lipinski definition) is 5. The van der Waals surface area contributed by atoms with E-state index in [0.717, 1.165) is 31.2 Å². The largest absolute Gasteiger partial charge is 0.378 e. The van der Waals surface area contributed by atoms with E-state index in [1.165, 1.54) is 0 Å². The second kappa shape index (κ2) is 8.24. The van der Waals surface area contributed by atoms with Crippen LogP contribution in [0.5, 0.6) is 0 Å². The van der Waals surface area contributed by atoms with E-state index in [4.69, 9.17) is 16.3 Å². The van der Waals surface area contributed by atoms with E-state index >= 15 is 0 Å². The van der Waals surface area contributed by atoms with Crippen LogP contribution in [0.1, 0.15) is 47.7 Å². The molecule has 1 aliphatic carbocycles. The van der Waals surface area contributed by atoms with Gasteiger partial charge in [-0.3, -0.25) is 9.59 Å². The Morgan fingerprint density at radius 3 is 2.35 bits per heavy atom. The molecule has 0 bridgehead atoms. The number of nitrogens with zero attached hydrogens (tertiary/aromatic N) is 5. The van der Waals surface area contributed by atoms with E-state index in [9.17, 15) is 9.59 Å². The van der Waals surface area contributed by atoms with Gasteiger partial charge in [0.05, 0.1) is 25.2 Å². The first-order valence-corrected chi connectivity index (χ1v) is 11.3. The zero-order valence-corrected chi connectivity index (χ0v) is 18.2. The van der Waals surface area contributed by atoms with E-state index in [0.29, 0.717) is 62.6 Å². The lowest BCUT2D eigenvalue weighted by Gasteiger charge is -2.37. The van der Waals surface area contributed by atoms with Crippen LogP contribution < -0.4 is 0 Å². The average Bonchev–Trinajstić information content (AvgIpc) is 3.47. The molecule has 8 nitrogen and oxygen atoms in total. The fourth-order valence-corrected chi connectivity index (χ4v) is 5.20. The van der Waals surface area contributed by atoms with Crippen molar-refractivity contribution in [2.45, 2.75) is 44.2 Å². The van der Waals surface area contributed by atoms with Crippen LogP contribution in [-0.2, 0) is 28.0 Å². The summed E-state index contributed by atoms with van der Waals surface area (Å²) in [6.07, 6.45) is 3.77. The maximum Gasteiger partial charge on any atom is 0.291 e. The molecule has 0 spiro atoms. The molecule has 31 heavy (non-hydrogen) atoms. The van der Waals surface area contributed by atoms with Gasteiger partial charge in [0.15, 0.2) is 5.82 Å². The summed E-state index contributed by atoms with van der Waals surface area (Å²) in [7, 11) is 0. The Kier molecular flexibility index (Phi) is 5.44. The van der Waals surface area contributed by atoms with Gasteiger partial charge in [0.25, 0.3) is 5.91 Å². The molecule has 164 valence electrons. The van der Waals surface area contributed by atoms with Crippen LogP contribution in [0, 0.1) is 0 Å². The highest BCUT2D eigenvalue weighted by Gasteiger charge is 2.45. The predicted molar refractivity (Wildman–Crippen MR) is 114 cm³/mol. The van der Waals surface area contributed by atoms with E-state index < -0.39 is 5.41 Å². The van der Waals surface area contributed by atoms with Gasteiger partial charge in [-0.05, 0) is 30.5 Å². The van der Waals surface area contributed by atoms with Gasteiger partial charge in [-0.15, -0.1) is 10.2 Å². The highest BCUT2D eigenvalue weighted by atomic mass is 35.5. The van der Waals surface area contributed by atoms with Gasteiger partial charge in [0.2, 0.25) is 11.7 Å². The summed E-state index contributed by atoms with van der Waals surface area (Å²) in [5, 5.41) is 9.11. The van der Waals surface area contributed by atoms with E-state index in [1.807, 2.05) is 33.7 Å². The first kappa shape index (κ1) is 20.5. The monoisotopic (exact) mass is 443 g/mol. The molecular weight excluding hydrogens is 418 g/mol. The summed E-state index contributed by atoms with van der Waals surface area (Å²) in [6.45, 7) is 3.66. The van der Waals surface area contributed by atoms with Crippen LogP contribution in [0.2, 0.25) is 5.02 Å². The number of halogens is 1. The Labute approximate surface area is 186 Å². The maximum absolute atomic E-state index is 13.8. The Bertz CT molecular complexity index is 978. The van der Waals surface area contributed by atoms with Gasteiger partial charge in [0.1, 0.15) is 0 Å². The Balaban J connectivity index is 1.36. The first-order valence-electron chi connectivity index (χ1n) is 10.9. The fourth-order valence-electron chi connectivity index (χ4n) is 5.07. The van der Waals surface area contributed by atoms with Gasteiger partial charge < -0.3 is 19.1 Å². The Morgan fingerprint density at radius 2 is 1.65 bits per heavy atom. The van der Waals surface area contributed by atoms with Crippen molar-refractivity contribution in [2.75, 3.05) is 32.8 Å². The molecule has 2 fully saturated rings. The molecule has 9 heteroatoms. The molecule has 5 rings (SSSR count). The molecule has 1 saturated carbocycles. The lowest BCUT2D eigenvalue weighted by Crippen LogP contribution is -2.49. The lowest BCUT2D eigenvalue weighted by molar-refractivity contribution is -0.139. The molecule has 0 N–H and O–H groups in total. The summed E-state index contributed by atoms with van der Waals surface area (Å²) in [4.78, 5) is 30.3. The van der Waals surface area contributed by atoms with E-state index in [-0.39, 0.29) is 11.8 Å². The van der Waals surface area contributed by atoms with Gasteiger partial charge in [-0.1, -0.05) is 36.6 Å². The lowest BCUT2D eigenvalue weighted by atomic mass is 9.77. The zero-order valence-electron chi connectivity index (χ0n) is 17.4. The van der Waals surface area contributed by atoms with Crippen LogP contribution in [0.25, 0.3) is 0 Å². The fraction of sp³-hybridized carbons (Fsp3) is 0.545. The molecule has 1 aromatic carbocycles. The number of amides is 2. The van der Waals surface area contributed by atoms with Crippen molar-refractivity contribution in [1.29, 1.82) is 0 Å². The number of carbonyl (C=O) groups excluding carboxylic acids is 2. The van der Waals surface area contributed by atoms with E-state index in [1.54, 1.807) is 4.90 Å². The number of carbonyl (C=O) groups is 2. The van der Waals surface area contributed by atoms with Crippen LogP contribution >= 0.6 is 11.6 Å². The van der Waals surface area contributed by atoms with Crippen molar-refractivity contribution in [3.63, 3.8) is 0 Å². The third-order valence-electron chi connectivity index (χ3n) is 6.79. The molecule has 1 saturated heterocycles. The minimum absolute atomic E-state index is 0.116. The molecule has 2 aliphatic heterocycles. The number of benzene rings is 1. The number of morpholine rings is 1. The van der Waals surface area contributed by atoms with Crippen LogP contribution in [0.4, 0.5) is 0 Å². The predicted octanol–water partition coefficient (Wildman–Crippen LogP) is 2.26. The summed E-state index contributed by atoms with van der Waals surface area (Å²) < 4.78 is 7.20. The Morgan fingerprint density at radius 1 is 0.935 bits per heavy atom. The van der Waals surface area contributed by atoms with Gasteiger partial charge >= 0.3 is 0 Å². The second-order valence-electron chi connectivity index (χ2n) is 8.52. The zero-order chi connectivity index (χ0) is 21.4. The molecule has 3 heterocycles. The number of ether oxygens (including phenoxy) is 1. The summed E-state index contributed by atoms with van der Waals surface area (Å²) >= 11 is 6.08. The van der Waals surface area contributed by atoms with Crippen molar-refractivity contribution < 1.29 is 14.3 Å². The Hall–Kier alpha value is -2.45. The van der Waals surface area contributed by atoms with Crippen LogP contribution in [0.3, 0.4) is 0 Å².